The molecule has 1 saturated carbocycles. The van der Waals surface area contributed by atoms with Crippen molar-refractivity contribution in [3.63, 3.8) is 0 Å². The Bertz CT molecular complexity index is 558. The molecule has 0 bridgehead atoms. The molecule has 6 heteroatoms. The molecule has 0 aromatic heterocycles. The van der Waals surface area contributed by atoms with Crippen molar-refractivity contribution < 1.29 is 17.5 Å². The first kappa shape index (κ1) is 13.0. The van der Waals surface area contributed by atoms with E-state index in [2.05, 4.69) is 0 Å². The summed E-state index contributed by atoms with van der Waals surface area (Å²) in [6, 6.07) is 4.94. The Labute approximate surface area is 112 Å². The number of ether oxygens (including phenoxy) is 1. The molecule has 1 saturated heterocycles. The fraction of sp³-hybridized carbons (Fsp3) is 0.538. The number of morpholine rings is 1. The zero-order valence-corrected chi connectivity index (χ0v) is 11.3. The highest BCUT2D eigenvalue weighted by atomic mass is 32.2. The van der Waals surface area contributed by atoms with Gasteiger partial charge in [0.05, 0.1) is 23.6 Å². The lowest BCUT2D eigenvalue weighted by atomic mass is 10.2. The van der Waals surface area contributed by atoms with Crippen molar-refractivity contribution in [1.29, 1.82) is 0 Å². The van der Waals surface area contributed by atoms with Gasteiger partial charge in [-0.15, -0.1) is 0 Å². The van der Waals surface area contributed by atoms with E-state index in [9.17, 15) is 12.8 Å². The zero-order chi connectivity index (χ0) is 13.5. The molecular formula is C13H16FNO3S. The Balaban J connectivity index is 1.93. The molecule has 2 aliphatic rings. The van der Waals surface area contributed by atoms with E-state index in [-0.39, 0.29) is 17.0 Å². The number of nitrogens with zero attached hydrogens (tertiary/aromatic N) is 1. The van der Waals surface area contributed by atoms with Gasteiger partial charge in [-0.2, -0.15) is 4.31 Å². The number of rotatable bonds is 2. The van der Waals surface area contributed by atoms with Gasteiger partial charge in [-0.25, -0.2) is 12.8 Å². The molecule has 0 N–H and O–H groups in total. The van der Waals surface area contributed by atoms with Gasteiger partial charge in [0, 0.05) is 6.54 Å². The quantitative estimate of drug-likeness (QED) is 0.832. The molecule has 1 aliphatic heterocycles. The van der Waals surface area contributed by atoms with E-state index >= 15 is 0 Å². The number of hydrogen-bond donors (Lipinski definition) is 0. The van der Waals surface area contributed by atoms with Crippen molar-refractivity contribution >= 4 is 10.0 Å². The summed E-state index contributed by atoms with van der Waals surface area (Å²) in [4.78, 5) is 0.154. The smallest absolute Gasteiger partial charge is 0.243 e. The van der Waals surface area contributed by atoms with Gasteiger partial charge in [0.15, 0.2) is 0 Å². The van der Waals surface area contributed by atoms with Crippen molar-refractivity contribution in [2.24, 2.45) is 0 Å². The standard InChI is InChI=1S/C13H16FNO3S/c14-10-4-6-11(7-5-10)19(16,17)15-8-9-18-13-3-1-2-12(13)15/h4-7,12-13H,1-3,8-9H2. The number of sulfonamides is 1. The first-order valence-corrected chi connectivity index (χ1v) is 7.92. The lowest BCUT2D eigenvalue weighted by molar-refractivity contribution is -0.0241. The number of hydrogen-bond acceptors (Lipinski definition) is 3. The monoisotopic (exact) mass is 285 g/mol. The third kappa shape index (κ3) is 2.28. The summed E-state index contributed by atoms with van der Waals surface area (Å²) in [6.45, 7) is 0.808. The average molecular weight is 285 g/mol. The molecule has 19 heavy (non-hydrogen) atoms. The summed E-state index contributed by atoms with van der Waals surface area (Å²) in [7, 11) is -3.55. The topological polar surface area (TPSA) is 46.6 Å². The Morgan fingerprint density at radius 3 is 2.68 bits per heavy atom. The fourth-order valence-corrected chi connectivity index (χ4v) is 4.59. The predicted octanol–water partition coefficient (Wildman–Crippen LogP) is 1.77. The Hall–Kier alpha value is -0.980. The van der Waals surface area contributed by atoms with Gasteiger partial charge in [-0.05, 0) is 43.5 Å². The van der Waals surface area contributed by atoms with Crippen LogP contribution in [0.25, 0.3) is 0 Å². The summed E-state index contributed by atoms with van der Waals surface area (Å²) in [5.41, 5.74) is 0. The van der Waals surface area contributed by atoms with E-state index in [1.54, 1.807) is 0 Å². The van der Waals surface area contributed by atoms with Crippen molar-refractivity contribution in [3.05, 3.63) is 30.1 Å². The van der Waals surface area contributed by atoms with Gasteiger partial charge in [0.1, 0.15) is 5.82 Å². The minimum absolute atomic E-state index is 0.0176. The van der Waals surface area contributed by atoms with Gasteiger partial charge in [0.25, 0.3) is 0 Å². The van der Waals surface area contributed by atoms with Crippen LogP contribution in [-0.4, -0.2) is 38.0 Å². The fourth-order valence-electron chi connectivity index (χ4n) is 2.93. The molecule has 2 fully saturated rings. The third-order valence-electron chi connectivity index (χ3n) is 3.85. The molecule has 4 nitrogen and oxygen atoms in total. The maximum Gasteiger partial charge on any atom is 0.243 e. The largest absolute Gasteiger partial charge is 0.375 e. The van der Waals surface area contributed by atoms with Crippen LogP contribution < -0.4 is 0 Å². The second kappa shape index (κ2) is 4.85. The molecule has 0 radical (unpaired) electrons. The van der Waals surface area contributed by atoms with Crippen LogP contribution in [0.1, 0.15) is 19.3 Å². The van der Waals surface area contributed by atoms with Crippen LogP contribution in [0.4, 0.5) is 4.39 Å². The lowest BCUT2D eigenvalue weighted by Gasteiger charge is -2.36. The second-order valence-corrected chi connectivity index (χ2v) is 6.87. The number of fused-ring (bicyclic) bond motifs is 1. The Morgan fingerprint density at radius 2 is 1.95 bits per heavy atom. The summed E-state index contributed by atoms with van der Waals surface area (Å²) in [5.74, 6) is -0.431. The molecule has 1 aromatic rings. The van der Waals surface area contributed by atoms with Crippen LogP contribution >= 0.6 is 0 Å². The van der Waals surface area contributed by atoms with Gasteiger partial charge in [-0.3, -0.25) is 0 Å². The maximum absolute atomic E-state index is 12.9. The van der Waals surface area contributed by atoms with E-state index in [1.165, 1.54) is 28.6 Å². The van der Waals surface area contributed by atoms with Crippen LogP contribution in [0.2, 0.25) is 0 Å². The number of benzene rings is 1. The molecule has 1 heterocycles. The van der Waals surface area contributed by atoms with Crippen LogP contribution in [0.15, 0.2) is 29.2 Å². The molecular weight excluding hydrogens is 269 g/mol. The lowest BCUT2D eigenvalue weighted by Crippen LogP contribution is -2.51. The van der Waals surface area contributed by atoms with E-state index < -0.39 is 15.8 Å². The highest BCUT2D eigenvalue weighted by molar-refractivity contribution is 7.89. The highest BCUT2D eigenvalue weighted by Gasteiger charge is 2.42. The van der Waals surface area contributed by atoms with E-state index in [1.807, 2.05) is 0 Å². The van der Waals surface area contributed by atoms with E-state index in [0.717, 1.165) is 19.3 Å². The molecule has 3 rings (SSSR count). The summed E-state index contributed by atoms with van der Waals surface area (Å²) < 4.78 is 45.2. The summed E-state index contributed by atoms with van der Waals surface area (Å²) in [6.07, 6.45) is 2.76. The molecule has 1 aromatic carbocycles. The normalized spacial score (nSPS) is 28.3. The first-order valence-electron chi connectivity index (χ1n) is 6.48. The first-order chi connectivity index (χ1) is 9.09. The SMILES string of the molecule is O=S(=O)(c1ccc(F)cc1)N1CCOC2CCCC21. The summed E-state index contributed by atoms with van der Waals surface area (Å²) in [5, 5.41) is 0. The highest BCUT2D eigenvalue weighted by Crippen LogP contribution is 2.33. The van der Waals surface area contributed by atoms with Crippen LogP contribution in [-0.2, 0) is 14.8 Å². The van der Waals surface area contributed by atoms with Gasteiger partial charge < -0.3 is 4.74 Å². The van der Waals surface area contributed by atoms with E-state index in [4.69, 9.17) is 4.74 Å². The predicted molar refractivity (Wildman–Crippen MR) is 67.7 cm³/mol. The molecule has 1 aliphatic carbocycles. The average Bonchev–Trinajstić information content (AvgIpc) is 2.87. The minimum atomic E-state index is -3.55. The van der Waals surface area contributed by atoms with Crippen LogP contribution in [0.5, 0.6) is 0 Å². The number of halogens is 1. The van der Waals surface area contributed by atoms with Gasteiger partial charge >= 0.3 is 0 Å². The molecule has 104 valence electrons. The van der Waals surface area contributed by atoms with Crippen molar-refractivity contribution in [2.75, 3.05) is 13.2 Å². The van der Waals surface area contributed by atoms with Crippen molar-refractivity contribution in [1.82, 2.24) is 4.31 Å². The Morgan fingerprint density at radius 1 is 1.21 bits per heavy atom. The van der Waals surface area contributed by atoms with Crippen molar-refractivity contribution in [2.45, 2.75) is 36.3 Å². The van der Waals surface area contributed by atoms with Gasteiger partial charge in [0.2, 0.25) is 10.0 Å². The zero-order valence-electron chi connectivity index (χ0n) is 10.5. The molecule has 2 unspecified atom stereocenters. The van der Waals surface area contributed by atoms with Gasteiger partial charge in [-0.1, -0.05) is 0 Å². The Kier molecular flexibility index (Phi) is 3.32. The van der Waals surface area contributed by atoms with Crippen LogP contribution in [0, 0.1) is 5.82 Å². The second-order valence-electron chi connectivity index (χ2n) is 4.98. The van der Waals surface area contributed by atoms with Crippen molar-refractivity contribution in [3.8, 4) is 0 Å². The third-order valence-corrected chi connectivity index (χ3v) is 5.79. The summed E-state index contributed by atoms with van der Waals surface area (Å²) >= 11 is 0. The van der Waals surface area contributed by atoms with Crippen LogP contribution in [0.3, 0.4) is 0 Å². The minimum Gasteiger partial charge on any atom is -0.375 e. The molecule has 0 amide bonds. The van der Waals surface area contributed by atoms with E-state index in [0.29, 0.717) is 13.2 Å². The maximum atomic E-state index is 12.9. The molecule has 2 atom stereocenters. The molecule has 0 spiro atoms.